The highest BCUT2D eigenvalue weighted by Crippen LogP contribution is 2.34. The Labute approximate surface area is 114 Å². The van der Waals surface area contributed by atoms with Gasteiger partial charge < -0.3 is 10.6 Å². The normalized spacial score (nSPS) is 16.1. The summed E-state index contributed by atoms with van der Waals surface area (Å²) in [6, 6.07) is 8.94. The molecule has 0 bridgehead atoms. The van der Waals surface area contributed by atoms with Crippen molar-refractivity contribution >= 4 is 22.3 Å². The molecule has 1 aliphatic rings. The van der Waals surface area contributed by atoms with Crippen LogP contribution in [0.15, 0.2) is 30.5 Å². The Bertz CT molecular complexity index is 573. The van der Waals surface area contributed by atoms with Crippen molar-refractivity contribution in [1.29, 1.82) is 0 Å². The molecule has 2 N–H and O–H groups in total. The van der Waals surface area contributed by atoms with E-state index in [0.717, 1.165) is 17.7 Å². The van der Waals surface area contributed by atoms with Crippen LogP contribution in [0.4, 0.5) is 11.4 Å². The van der Waals surface area contributed by atoms with Crippen molar-refractivity contribution in [3.05, 3.63) is 30.5 Å². The number of anilines is 2. The molecule has 1 aliphatic carbocycles. The third-order valence-corrected chi connectivity index (χ3v) is 4.19. The minimum atomic E-state index is 0.678. The number of aromatic nitrogens is 1. The lowest BCUT2D eigenvalue weighted by molar-refractivity contribution is 0.621. The molecular formula is C16H21N3. The van der Waals surface area contributed by atoms with E-state index in [1.807, 2.05) is 18.3 Å². The van der Waals surface area contributed by atoms with E-state index in [2.05, 4.69) is 28.9 Å². The van der Waals surface area contributed by atoms with Crippen molar-refractivity contribution in [2.24, 2.45) is 0 Å². The van der Waals surface area contributed by atoms with Gasteiger partial charge in [0.25, 0.3) is 0 Å². The van der Waals surface area contributed by atoms with Gasteiger partial charge in [0.1, 0.15) is 0 Å². The zero-order valence-electron chi connectivity index (χ0n) is 11.5. The van der Waals surface area contributed by atoms with E-state index < -0.39 is 0 Å². The fourth-order valence-electron chi connectivity index (χ4n) is 3.27. The number of fused-ring (bicyclic) bond motifs is 1. The zero-order valence-corrected chi connectivity index (χ0v) is 11.5. The van der Waals surface area contributed by atoms with Crippen molar-refractivity contribution in [3.8, 4) is 0 Å². The molecule has 3 nitrogen and oxygen atoms in total. The van der Waals surface area contributed by atoms with E-state index in [9.17, 15) is 0 Å². The maximum Gasteiger partial charge on any atom is 0.0951 e. The van der Waals surface area contributed by atoms with Gasteiger partial charge in [0.2, 0.25) is 0 Å². The summed E-state index contributed by atoms with van der Waals surface area (Å²) in [5.74, 6) is 0. The van der Waals surface area contributed by atoms with E-state index in [1.54, 1.807) is 0 Å². The molecule has 19 heavy (non-hydrogen) atoms. The molecule has 1 saturated carbocycles. The topological polar surface area (TPSA) is 42.1 Å². The highest BCUT2D eigenvalue weighted by atomic mass is 15.2. The molecule has 1 fully saturated rings. The Kier molecular flexibility index (Phi) is 3.28. The fraction of sp³-hybridized carbons (Fsp3) is 0.438. The Balaban J connectivity index is 2.10. The molecule has 100 valence electrons. The molecule has 0 spiro atoms. The summed E-state index contributed by atoms with van der Waals surface area (Å²) in [6.45, 7) is 3.27. The molecule has 3 rings (SSSR count). The maximum absolute atomic E-state index is 6.04. The molecule has 1 aromatic carbocycles. The number of nitrogens with zero attached hydrogens (tertiary/aromatic N) is 2. The van der Waals surface area contributed by atoms with Crippen molar-refractivity contribution in [2.75, 3.05) is 17.2 Å². The maximum atomic E-state index is 6.04. The van der Waals surface area contributed by atoms with E-state index >= 15 is 0 Å². The van der Waals surface area contributed by atoms with Gasteiger partial charge in [0.05, 0.1) is 11.2 Å². The fourth-order valence-corrected chi connectivity index (χ4v) is 3.27. The lowest BCUT2D eigenvalue weighted by Crippen LogP contribution is -2.33. The number of nitrogens with two attached hydrogens (primary N) is 1. The van der Waals surface area contributed by atoms with Crippen LogP contribution < -0.4 is 10.6 Å². The second-order valence-electron chi connectivity index (χ2n) is 5.30. The Hall–Kier alpha value is -1.77. The summed E-state index contributed by atoms with van der Waals surface area (Å²) in [5, 5.41) is 1.18. The number of hydrogen-bond acceptors (Lipinski definition) is 3. The number of benzene rings is 1. The summed E-state index contributed by atoms with van der Waals surface area (Å²) in [7, 11) is 0. The van der Waals surface area contributed by atoms with E-state index in [0.29, 0.717) is 6.04 Å². The zero-order chi connectivity index (χ0) is 13.2. The van der Waals surface area contributed by atoms with Crippen molar-refractivity contribution in [1.82, 2.24) is 4.98 Å². The van der Waals surface area contributed by atoms with Crippen molar-refractivity contribution < 1.29 is 0 Å². The molecule has 0 aliphatic heterocycles. The highest BCUT2D eigenvalue weighted by molar-refractivity contribution is 5.98. The molecule has 0 radical (unpaired) electrons. The molecular weight excluding hydrogens is 234 g/mol. The van der Waals surface area contributed by atoms with Gasteiger partial charge in [-0.3, -0.25) is 4.98 Å². The molecule has 0 unspecified atom stereocenters. The van der Waals surface area contributed by atoms with Gasteiger partial charge in [0, 0.05) is 29.9 Å². The lowest BCUT2D eigenvalue weighted by atomic mass is 10.1. The summed E-state index contributed by atoms with van der Waals surface area (Å²) in [5.41, 5.74) is 9.02. The van der Waals surface area contributed by atoms with Gasteiger partial charge in [0.15, 0.2) is 0 Å². The number of nitrogen functional groups attached to an aromatic ring is 1. The standard InChI is InChI=1S/C16H21N3/c1-2-19(12-6-3-4-7-12)15-10-9-14(17)16-13(15)8-5-11-18-16/h5,8-12H,2-4,6-7,17H2,1H3. The van der Waals surface area contributed by atoms with Gasteiger partial charge in [-0.25, -0.2) is 0 Å². The summed E-state index contributed by atoms with van der Waals surface area (Å²) < 4.78 is 0. The van der Waals surface area contributed by atoms with E-state index in [1.165, 1.54) is 36.8 Å². The van der Waals surface area contributed by atoms with Crippen molar-refractivity contribution in [3.63, 3.8) is 0 Å². The first-order chi connectivity index (χ1) is 9.31. The summed E-state index contributed by atoms with van der Waals surface area (Å²) >= 11 is 0. The van der Waals surface area contributed by atoms with Crippen LogP contribution in [0.25, 0.3) is 10.9 Å². The average molecular weight is 255 g/mol. The van der Waals surface area contributed by atoms with Crippen molar-refractivity contribution in [2.45, 2.75) is 38.6 Å². The number of hydrogen-bond donors (Lipinski definition) is 1. The first-order valence-corrected chi connectivity index (χ1v) is 7.21. The monoisotopic (exact) mass is 255 g/mol. The van der Waals surface area contributed by atoms with Crippen LogP contribution in [0.3, 0.4) is 0 Å². The minimum Gasteiger partial charge on any atom is -0.397 e. The Morgan fingerprint density at radius 3 is 2.79 bits per heavy atom. The van der Waals surface area contributed by atoms with Crippen LogP contribution in [-0.4, -0.2) is 17.6 Å². The van der Waals surface area contributed by atoms with Crippen LogP contribution >= 0.6 is 0 Å². The molecule has 0 amide bonds. The van der Waals surface area contributed by atoms with E-state index in [4.69, 9.17) is 5.73 Å². The van der Waals surface area contributed by atoms with Crippen LogP contribution in [0.1, 0.15) is 32.6 Å². The molecule has 0 saturated heterocycles. The van der Waals surface area contributed by atoms with Crippen LogP contribution in [0.2, 0.25) is 0 Å². The average Bonchev–Trinajstić information content (AvgIpc) is 2.96. The smallest absolute Gasteiger partial charge is 0.0951 e. The van der Waals surface area contributed by atoms with Gasteiger partial charge >= 0.3 is 0 Å². The molecule has 1 aromatic heterocycles. The van der Waals surface area contributed by atoms with Crippen LogP contribution in [0, 0.1) is 0 Å². The number of rotatable bonds is 3. The first-order valence-electron chi connectivity index (χ1n) is 7.21. The van der Waals surface area contributed by atoms with Gasteiger partial charge in [-0.1, -0.05) is 12.8 Å². The van der Waals surface area contributed by atoms with E-state index in [-0.39, 0.29) is 0 Å². The number of pyridine rings is 1. The highest BCUT2D eigenvalue weighted by Gasteiger charge is 2.23. The molecule has 0 atom stereocenters. The molecule has 3 heteroatoms. The molecule has 2 aromatic rings. The first kappa shape index (κ1) is 12.3. The van der Waals surface area contributed by atoms with Crippen LogP contribution in [-0.2, 0) is 0 Å². The Morgan fingerprint density at radius 1 is 1.26 bits per heavy atom. The predicted octanol–water partition coefficient (Wildman–Crippen LogP) is 3.59. The minimum absolute atomic E-state index is 0.678. The summed E-state index contributed by atoms with van der Waals surface area (Å²) in [4.78, 5) is 6.96. The largest absolute Gasteiger partial charge is 0.397 e. The molecule has 1 heterocycles. The third kappa shape index (κ3) is 2.14. The predicted molar refractivity (Wildman–Crippen MR) is 81.4 cm³/mol. The van der Waals surface area contributed by atoms with Gasteiger partial charge in [-0.15, -0.1) is 0 Å². The Morgan fingerprint density at radius 2 is 2.05 bits per heavy atom. The second-order valence-corrected chi connectivity index (χ2v) is 5.30. The van der Waals surface area contributed by atoms with Gasteiger partial charge in [-0.2, -0.15) is 0 Å². The van der Waals surface area contributed by atoms with Crippen LogP contribution in [0.5, 0.6) is 0 Å². The lowest BCUT2D eigenvalue weighted by Gasteiger charge is -2.31. The quantitative estimate of drug-likeness (QED) is 0.852. The third-order valence-electron chi connectivity index (χ3n) is 4.19. The summed E-state index contributed by atoms with van der Waals surface area (Å²) in [6.07, 6.45) is 7.13. The van der Waals surface area contributed by atoms with Gasteiger partial charge in [-0.05, 0) is 44.0 Å². The second kappa shape index (κ2) is 5.08. The SMILES string of the molecule is CCN(c1ccc(N)c2ncccc12)C1CCCC1.